The molecule has 0 saturated heterocycles. The fourth-order valence-electron chi connectivity index (χ4n) is 1.51. The number of ether oxygens (including phenoxy) is 1. The number of halogens is 1. The van der Waals surface area contributed by atoms with Crippen molar-refractivity contribution in [2.24, 2.45) is 0 Å². The van der Waals surface area contributed by atoms with Gasteiger partial charge in [0.05, 0.1) is 12.3 Å². The van der Waals surface area contributed by atoms with Crippen LogP contribution >= 0.6 is 15.9 Å². The molecule has 1 aromatic carbocycles. The monoisotopic (exact) mass is 291 g/mol. The van der Waals surface area contributed by atoms with Gasteiger partial charge in [0.15, 0.2) is 0 Å². The van der Waals surface area contributed by atoms with E-state index in [-0.39, 0.29) is 0 Å². The zero-order valence-electron chi connectivity index (χ0n) is 9.69. The van der Waals surface area contributed by atoms with Gasteiger partial charge in [-0.2, -0.15) is 0 Å². The van der Waals surface area contributed by atoms with Gasteiger partial charge in [0.1, 0.15) is 10.4 Å². The molecule has 0 amide bonds. The molecule has 1 heterocycles. The molecule has 1 aromatic heterocycles. The molecule has 2 aromatic rings. The van der Waals surface area contributed by atoms with Gasteiger partial charge in [0.2, 0.25) is 0 Å². The molecular weight excluding hydrogens is 278 g/mol. The van der Waals surface area contributed by atoms with Gasteiger partial charge in [0, 0.05) is 5.56 Å². The molecule has 2 rings (SSSR count). The average molecular weight is 292 g/mol. The SMILES string of the molecule is CCCOc1ccc(-c2cccc(Br)n2)cc1. The van der Waals surface area contributed by atoms with Crippen molar-refractivity contribution in [3.05, 3.63) is 47.1 Å². The van der Waals surface area contributed by atoms with Crippen LogP contribution in [-0.4, -0.2) is 11.6 Å². The molecule has 88 valence electrons. The summed E-state index contributed by atoms with van der Waals surface area (Å²) in [4.78, 5) is 4.41. The van der Waals surface area contributed by atoms with Gasteiger partial charge in [0.25, 0.3) is 0 Å². The Hall–Kier alpha value is -1.35. The molecule has 0 unspecified atom stereocenters. The van der Waals surface area contributed by atoms with E-state index in [0.29, 0.717) is 0 Å². The number of hydrogen-bond acceptors (Lipinski definition) is 2. The van der Waals surface area contributed by atoms with Gasteiger partial charge in [-0.1, -0.05) is 13.0 Å². The lowest BCUT2D eigenvalue weighted by Crippen LogP contribution is -1.94. The first-order chi connectivity index (χ1) is 8.29. The Morgan fingerprint density at radius 3 is 2.53 bits per heavy atom. The topological polar surface area (TPSA) is 22.1 Å². The maximum absolute atomic E-state index is 5.54. The Labute approximate surface area is 110 Å². The molecule has 2 nitrogen and oxygen atoms in total. The summed E-state index contributed by atoms with van der Waals surface area (Å²) in [5.41, 5.74) is 2.05. The van der Waals surface area contributed by atoms with Gasteiger partial charge >= 0.3 is 0 Å². The molecule has 0 aliphatic carbocycles. The Balaban J connectivity index is 2.17. The van der Waals surface area contributed by atoms with Crippen LogP contribution in [-0.2, 0) is 0 Å². The molecule has 0 fully saturated rings. The third kappa shape index (κ3) is 3.30. The van der Waals surface area contributed by atoms with E-state index in [1.54, 1.807) is 0 Å². The zero-order chi connectivity index (χ0) is 12.1. The highest BCUT2D eigenvalue weighted by atomic mass is 79.9. The van der Waals surface area contributed by atoms with E-state index in [0.717, 1.165) is 34.6 Å². The van der Waals surface area contributed by atoms with Crippen LogP contribution in [0.3, 0.4) is 0 Å². The van der Waals surface area contributed by atoms with Crippen molar-refractivity contribution in [3.63, 3.8) is 0 Å². The fourth-order valence-corrected chi connectivity index (χ4v) is 1.85. The number of nitrogens with zero attached hydrogens (tertiary/aromatic N) is 1. The van der Waals surface area contributed by atoms with E-state index in [1.807, 2.05) is 42.5 Å². The summed E-state index contributed by atoms with van der Waals surface area (Å²) in [6, 6.07) is 13.9. The molecule has 3 heteroatoms. The minimum absolute atomic E-state index is 0.758. The Kier molecular flexibility index (Phi) is 4.15. The second kappa shape index (κ2) is 5.82. The van der Waals surface area contributed by atoms with Crippen molar-refractivity contribution < 1.29 is 4.74 Å². The first-order valence-electron chi connectivity index (χ1n) is 5.65. The van der Waals surface area contributed by atoms with Crippen molar-refractivity contribution in [1.82, 2.24) is 4.98 Å². The summed E-state index contributed by atoms with van der Waals surface area (Å²) >= 11 is 3.37. The highest BCUT2D eigenvalue weighted by molar-refractivity contribution is 9.10. The number of pyridine rings is 1. The minimum atomic E-state index is 0.758. The molecule has 0 atom stereocenters. The van der Waals surface area contributed by atoms with Gasteiger partial charge in [-0.05, 0) is 58.7 Å². The summed E-state index contributed by atoms with van der Waals surface area (Å²) < 4.78 is 6.39. The van der Waals surface area contributed by atoms with E-state index in [9.17, 15) is 0 Å². The van der Waals surface area contributed by atoms with Gasteiger partial charge in [-0.25, -0.2) is 4.98 Å². The van der Waals surface area contributed by atoms with Crippen molar-refractivity contribution in [2.75, 3.05) is 6.61 Å². The predicted octanol–water partition coefficient (Wildman–Crippen LogP) is 4.30. The van der Waals surface area contributed by atoms with E-state index < -0.39 is 0 Å². The molecule has 0 aliphatic rings. The first kappa shape index (κ1) is 12.1. The second-order valence-electron chi connectivity index (χ2n) is 3.72. The normalized spacial score (nSPS) is 10.2. The number of aromatic nitrogens is 1. The van der Waals surface area contributed by atoms with Crippen LogP contribution in [0.2, 0.25) is 0 Å². The van der Waals surface area contributed by atoms with E-state index in [2.05, 4.69) is 27.8 Å². The quantitative estimate of drug-likeness (QED) is 0.784. The summed E-state index contributed by atoms with van der Waals surface area (Å²) in [5, 5.41) is 0. The first-order valence-corrected chi connectivity index (χ1v) is 6.44. The van der Waals surface area contributed by atoms with Crippen LogP contribution in [0.4, 0.5) is 0 Å². The third-order valence-electron chi connectivity index (χ3n) is 2.34. The lowest BCUT2D eigenvalue weighted by molar-refractivity contribution is 0.317. The number of rotatable bonds is 4. The van der Waals surface area contributed by atoms with Crippen LogP contribution in [0.5, 0.6) is 5.75 Å². The molecule has 0 N–H and O–H groups in total. The molecule has 0 saturated carbocycles. The third-order valence-corrected chi connectivity index (χ3v) is 2.78. The lowest BCUT2D eigenvalue weighted by Gasteiger charge is -2.05. The smallest absolute Gasteiger partial charge is 0.119 e. The average Bonchev–Trinajstić information content (AvgIpc) is 2.37. The van der Waals surface area contributed by atoms with Crippen LogP contribution in [0, 0.1) is 0 Å². The van der Waals surface area contributed by atoms with E-state index in [1.165, 1.54) is 0 Å². The standard InChI is InChI=1S/C14H14BrNO/c1-2-10-17-12-8-6-11(7-9-12)13-4-3-5-14(15)16-13/h3-9H,2,10H2,1H3. The Bertz CT molecular complexity index is 482. The minimum Gasteiger partial charge on any atom is -0.494 e. The molecule has 0 aliphatic heterocycles. The van der Waals surface area contributed by atoms with Crippen molar-refractivity contribution in [3.8, 4) is 17.0 Å². The largest absolute Gasteiger partial charge is 0.494 e. The summed E-state index contributed by atoms with van der Waals surface area (Å²) in [6.07, 6.45) is 1.02. The van der Waals surface area contributed by atoms with Crippen molar-refractivity contribution in [1.29, 1.82) is 0 Å². The zero-order valence-corrected chi connectivity index (χ0v) is 11.3. The number of benzene rings is 1. The summed E-state index contributed by atoms with van der Waals surface area (Å²) in [5.74, 6) is 0.908. The van der Waals surface area contributed by atoms with Crippen LogP contribution in [0.15, 0.2) is 47.1 Å². The van der Waals surface area contributed by atoms with Crippen molar-refractivity contribution in [2.45, 2.75) is 13.3 Å². The summed E-state index contributed by atoms with van der Waals surface area (Å²) in [6.45, 7) is 2.86. The van der Waals surface area contributed by atoms with E-state index in [4.69, 9.17) is 4.74 Å². The molecular formula is C14H14BrNO. The van der Waals surface area contributed by atoms with Crippen LogP contribution in [0.1, 0.15) is 13.3 Å². The van der Waals surface area contributed by atoms with Gasteiger partial charge < -0.3 is 4.74 Å². The van der Waals surface area contributed by atoms with Gasteiger partial charge in [-0.3, -0.25) is 0 Å². The van der Waals surface area contributed by atoms with Crippen LogP contribution < -0.4 is 4.74 Å². The van der Waals surface area contributed by atoms with Crippen molar-refractivity contribution >= 4 is 15.9 Å². The molecule has 17 heavy (non-hydrogen) atoms. The highest BCUT2D eigenvalue weighted by Crippen LogP contribution is 2.22. The Morgan fingerprint density at radius 2 is 1.88 bits per heavy atom. The molecule has 0 spiro atoms. The molecule has 0 bridgehead atoms. The lowest BCUT2D eigenvalue weighted by atomic mass is 10.1. The summed E-state index contributed by atoms with van der Waals surface area (Å²) in [7, 11) is 0. The fraction of sp³-hybridized carbons (Fsp3) is 0.214. The second-order valence-corrected chi connectivity index (χ2v) is 4.53. The van der Waals surface area contributed by atoms with Gasteiger partial charge in [-0.15, -0.1) is 0 Å². The highest BCUT2D eigenvalue weighted by Gasteiger charge is 2.00. The van der Waals surface area contributed by atoms with E-state index >= 15 is 0 Å². The molecule has 0 radical (unpaired) electrons. The predicted molar refractivity (Wildman–Crippen MR) is 73.2 cm³/mol. The number of hydrogen-bond donors (Lipinski definition) is 0. The Morgan fingerprint density at radius 1 is 1.12 bits per heavy atom. The van der Waals surface area contributed by atoms with Crippen LogP contribution in [0.25, 0.3) is 11.3 Å². The maximum Gasteiger partial charge on any atom is 0.119 e. The maximum atomic E-state index is 5.54.